The van der Waals surface area contributed by atoms with Gasteiger partial charge in [0, 0.05) is 45.1 Å². The number of hydrogen-bond donors (Lipinski definition) is 4. The lowest BCUT2D eigenvalue weighted by Crippen LogP contribution is -2.33. The summed E-state index contributed by atoms with van der Waals surface area (Å²) in [6.45, 7) is 5.30. The molecule has 0 bridgehead atoms. The number of rotatable bonds is 9. The highest BCUT2D eigenvalue weighted by atomic mass is 19.2. The van der Waals surface area contributed by atoms with Crippen LogP contribution >= 0.6 is 0 Å². The van der Waals surface area contributed by atoms with E-state index in [0.717, 1.165) is 30.4 Å². The van der Waals surface area contributed by atoms with Gasteiger partial charge in [-0.05, 0) is 30.5 Å². The van der Waals surface area contributed by atoms with Crippen LogP contribution in [0.1, 0.15) is 37.8 Å². The Labute approximate surface area is 187 Å². The van der Waals surface area contributed by atoms with Crippen LogP contribution in [0.5, 0.6) is 0 Å². The standard InChI is InChI=1S/C17H17F3N2O.C6H15N3/c18-14-9-16(20)15(19)7-12(14)6-13(21)8-17(23)22-10-11-4-2-1-3-5-11;1-4-6(8-5-2)9-7-3/h1-5,7,9,13H,6,8,10,21H2,(H,22,23);7H,4-5H2,1-3H3,(H,8,9). The number of aliphatic imine (C=N–C) groups is 1. The minimum atomic E-state index is -1.25. The van der Waals surface area contributed by atoms with Crippen molar-refractivity contribution < 1.29 is 18.0 Å². The van der Waals surface area contributed by atoms with Crippen LogP contribution in [0.2, 0.25) is 0 Å². The normalized spacial score (nSPS) is 11.9. The van der Waals surface area contributed by atoms with Gasteiger partial charge in [-0.1, -0.05) is 37.3 Å². The Balaban J connectivity index is 0.000000482. The van der Waals surface area contributed by atoms with Crippen LogP contribution in [0.15, 0.2) is 47.5 Å². The number of nitrogens with zero attached hydrogens (tertiary/aromatic N) is 1. The van der Waals surface area contributed by atoms with E-state index in [4.69, 9.17) is 5.73 Å². The molecular formula is C23H32F3N5O. The number of amides is 1. The van der Waals surface area contributed by atoms with Crippen molar-refractivity contribution in [3.8, 4) is 0 Å². The highest BCUT2D eigenvalue weighted by Gasteiger charge is 2.15. The molecule has 0 heterocycles. The number of halogens is 3. The average Bonchev–Trinajstić information content (AvgIpc) is 2.77. The molecular weight excluding hydrogens is 419 g/mol. The number of hydrazine groups is 1. The lowest BCUT2D eigenvalue weighted by atomic mass is 10.0. The Kier molecular flexibility index (Phi) is 12.7. The molecule has 0 radical (unpaired) electrons. The van der Waals surface area contributed by atoms with Crippen molar-refractivity contribution in [2.75, 3.05) is 13.6 Å². The average molecular weight is 452 g/mol. The molecule has 0 aliphatic rings. The van der Waals surface area contributed by atoms with Crippen molar-refractivity contribution >= 4 is 11.7 Å². The molecule has 0 fully saturated rings. The molecule has 9 heteroatoms. The van der Waals surface area contributed by atoms with Gasteiger partial charge >= 0.3 is 0 Å². The van der Waals surface area contributed by atoms with Gasteiger partial charge in [-0.3, -0.25) is 9.79 Å². The molecule has 1 unspecified atom stereocenters. The largest absolute Gasteiger partial charge is 0.352 e. The summed E-state index contributed by atoms with van der Waals surface area (Å²) in [5.41, 5.74) is 12.4. The molecule has 32 heavy (non-hydrogen) atoms. The third-order valence-corrected chi connectivity index (χ3v) is 4.30. The Morgan fingerprint density at radius 1 is 1.06 bits per heavy atom. The van der Waals surface area contributed by atoms with E-state index < -0.39 is 23.5 Å². The maximum Gasteiger partial charge on any atom is 0.221 e. The Hall–Kier alpha value is -2.91. The molecule has 2 aromatic carbocycles. The van der Waals surface area contributed by atoms with Crippen molar-refractivity contribution in [2.45, 2.75) is 45.7 Å². The van der Waals surface area contributed by atoms with Crippen LogP contribution in [-0.4, -0.2) is 31.4 Å². The fourth-order valence-electron chi connectivity index (χ4n) is 2.76. The first-order chi connectivity index (χ1) is 15.3. The number of carbonyl (C=O) groups is 1. The van der Waals surface area contributed by atoms with E-state index in [1.54, 1.807) is 0 Å². The second-order valence-corrected chi connectivity index (χ2v) is 6.94. The van der Waals surface area contributed by atoms with Gasteiger partial charge in [-0.2, -0.15) is 0 Å². The van der Waals surface area contributed by atoms with Crippen molar-refractivity contribution in [3.05, 3.63) is 71.0 Å². The summed E-state index contributed by atoms with van der Waals surface area (Å²) in [5, 5.41) is 2.70. The number of benzene rings is 2. The van der Waals surface area contributed by atoms with Gasteiger partial charge in [0.2, 0.25) is 5.91 Å². The Morgan fingerprint density at radius 2 is 1.72 bits per heavy atom. The molecule has 2 rings (SSSR count). The van der Waals surface area contributed by atoms with E-state index in [1.165, 1.54) is 0 Å². The maximum atomic E-state index is 13.5. The molecule has 0 saturated heterocycles. The van der Waals surface area contributed by atoms with Gasteiger partial charge in [0.15, 0.2) is 11.6 Å². The fraction of sp³-hybridized carbons (Fsp3) is 0.391. The van der Waals surface area contributed by atoms with Gasteiger partial charge in [-0.15, -0.1) is 0 Å². The summed E-state index contributed by atoms with van der Waals surface area (Å²) in [6.07, 6.45) is 0.863. The van der Waals surface area contributed by atoms with Gasteiger partial charge < -0.3 is 16.5 Å². The van der Waals surface area contributed by atoms with E-state index in [2.05, 4.69) is 28.1 Å². The minimum absolute atomic E-state index is 0.0364. The predicted octanol–water partition coefficient (Wildman–Crippen LogP) is 3.22. The molecule has 176 valence electrons. The second kappa shape index (κ2) is 15.0. The molecule has 6 nitrogen and oxygen atoms in total. The van der Waals surface area contributed by atoms with Gasteiger partial charge in [-0.25, -0.2) is 18.6 Å². The molecule has 0 spiro atoms. The predicted molar refractivity (Wildman–Crippen MR) is 121 cm³/mol. The zero-order chi connectivity index (χ0) is 23.9. The van der Waals surface area contributed by atoms with Gasteiger partial charge in [0.05, 0.1) is 0 Å². The quantitative estimate of drug-likeness (QED) is 0.204. The molecule has 5 N–H and O–H groups in total. The van der Waals surface area contributed by atoms with E-state index in [0.29, 0.717) is 12.6 Å². The van der Waals surface area contributed by atoms with Crippen LogP contribution in [0.3, 0.4) is 0 Å². The third kappa shape index (κ3) is 10.4. The number of nitrogens with two attached hydrogens (primary N) is 1. The Morgan fingerprint density at radius 3 is 2.31 bits per heavy atom. The van der Waals surface area contributed by atoms with E-state index >= 15 is 0 Å². The zero-order valence-electron chi connectivity index (χ0n) is 18.7. The topological polar surface area (TPSA) is 91.5 Å². The fourth-order valence-corrected chi connectivity index (χ4v) is 2.76. The summed E-state index contributed by atoms with van der Waals surface area (Å²) in [4.78, 5) is 16.0. The first kappa shape index (κ1) is 27.1. The molecule has 1 atom stereocenters. The number of amidine groups is 1. The summed E-state index contributed by atoms with van der Waals surface area (Å²) in [7, 11) is 1.83. The van der Waals surface area contributed by atoms with E-state index in [9.17, 15) is 18.0 Å². The first-order valence-corrected chi connectivity index (χ1v) is 10.5. The van der Waals surface area contributed by atoms with Crippen molar-refractivity contribution in [1.82, 2.24) is 16.2 Å². The summed E-state index contributed by atoms with van der Waals surface area (Å²) < 4.78 is 39.5. The summed E-state index contributed by atoms with van der Waals surface area (Å²) in [5.74, 6) is -2.53. The lowest BCUT2D eigenvalue weighted by Gasteiger charge is -2.13. The molecule has 1 amide bonds. The van der Waals surface area contributed by atoms with Gasteiger partial charge in [0.25, 0.3) is 0 Å². The van der Waals surface area contributed by atoms with Crippen LogP contribution < -0.4 is 21.9 Å². The van der Waals surface area contributed by atoms with Crippen molar-refractivity contribution in [3.63, 3.8) is 0 Å². The molecule has 0 aliphatic carbocycles. The molecule has 0 aromatic heterocycles. The van der Waals surface area contributed by atoms with Crippen LogP contribution in [0.25, 0.3) is 0 Å². The number of carbonyl (C=O) groups excluding carboxylic acids is 1. The minimum Gasteiger partial charge on any atom is -0.352 e. The zero-order valence-corrected chi connectivity index (χ0v) is 18.7. The summed E-state index contributed by atoms with van der Waals surface area (Å²) >= 11 is 0. The van der Waals surface area contributed by atoms with Crippen LogP contribution in [-0.2, 0) is 17.8 Å². The number of nitrogens with one attached hydrogen (secondary N) is 3. The lowest BCUT2D eigenvalue weighted by molar-refractivity contribution is -0.121. The van der Waals surface area contributed by atoms with Crippen LogP contribution in [0.4, 0.5) is 13.2 Å². The highest BCUT2D eigenvalue weighted by Crippen LogP contribution is 2.15. The Bertz CT molecular complexity index is 862. The smallest absolute Gasteiger partial charge is 0.221 e. The first-order valence-electron chi connectivity index (χ1n) is 10.5. The van der Waals surface area contributed by atoms with Crippen molar-refractivity contribution in [1.29, 1.82) is 0 Å². The molecule has 2 aromatic rings. The van der Waals surface area contributed by atoms with Crippen LogP contribution in [0, 0.1) is 17.5 Å². The van der Waals surface area contributed by atoms with E-state index in [1.807, 2.05) is 44.3 Å². The van der Waals surface area contributed by atoms with Gasteiger partial charge in [0.1, 0.15) is 11.7 Å². The van der Waals surface area contributed by atoms with Crippen molar-refractivity contribution in [2.24, 2.45) is 10.7 Å². The monoisotopic (exact) mass is 451 g/mol. The third-order valence-electron chi connectivity index (χ3n) is 4.30. The molecule has 0 aliphatic heterocycles. The maximum absolute atomic E-state index is 13.5. The molecule has 0 saturated carbocycles. The van der Waals surface area contributed by atoms with E-state index in [-0.39, 0.29) is 24.3 Å². The highest BCUT2D eigenvalue weighted by molar-refractivity contribution is 5.81. The summed E-state index contributed by atoms with van der Waals surface area (Å²) in [6, 6.07) is 9.90. The number of hydrogen-bond acceptors (Lipinski definition) is 4. The SMILES string of the molecule is CCN=C(CC)NNC.NC(CC(=O)NCc1ccccc1)Cc1cc(F)c(F)cc1F. The second-order valence-electron chi connectivity index (χ2n) is 6.94.